The maximum Gasteiger partial charge on any atom is 0.240 e. The van der Waals surface area contributed by atoms with Gasteiger partial charge in [0.1, 0.15) is 5.75 Å². The van der Waals surface area contributed by atoms with Crippen LogP contribution in [0.1, 0.15) is 30.9 Å². The lowest BCUT2D eigenvalue weighted by Gasteiger charge is -2.05. The summed E-state index contributed by atoms with van der Waals surface area (Å²) in [7, 11) is 0. The summed E-state index contributed by atoms with van der Waals surface area (Å²) in [6.07, 6.45) is 1.75. The molecule has 0 aromatic heterocycles. The van der Waals surface area contributed by atoms with Gasteiger partial charge in [0, 0.05) is 19.4 Å². The Morgan fingerprint density at radius 1 is 1.00 bits per heavy atom. The molecule has 2 N–H and O–H groups in total. The van der Waals surface area contributed by atoms with Gasteiger partial charge in [-0.15, -0.1) is 0 Å². The summed E-state index contributed by atoms with van der Waals surface area (Å²) < 4.78 is 5.35. The second kappa shape index (κ2) is 10.7. The molecule has 136 valence electrons. The lowest BCUT2D eigenvalue weighted by atomic mass is 10.2. The maximum absolute atomic E-state index is 11.8. The number of amides is 2. The van der Waals surface area contributed by atoms with E-state index >= 15 is 0 Å². The molecule has 0 aliphatic heterocycles. The van der Waals surface area contributed by atoms with Crippen LogP contribution in [0.2, 0.25) is 0 Å². The van der Waals surface area contributed by atoms with E-state index in [1.54, 1.807) is 6.21 Å². The average Bonchev–Trinajstić information content (AvgIpc) is 2.67. The number of hydrogen-bond acceptors (Lipinski definition) is 4. The molecule has 0 saturated heterocycles. The van der Waals surface area contributed by atoms with Gasteiger partial charge in [-0.2, -0.15) is 5.10 Å². The molecule has 0 aliphatic rings. The van der Waals surface area contributed by atoms with Gasteiger partial charge in [0.25, 0.3) is 0 Å². The van der Waals surface area contributed by atoms with Gasteiger partial charge in [-0.1, -0.05) is 30.3 Å². The second-order valence-electron chi connectivity index (χ2n) is 5.56. The molecular formula is C20H23N3O3. The smallest absolute Gasteiger partial charge is 0.240 e. The van der Waals surface area contributed by atoms with Crippen LogP contribution in [0.4, 0.5) is 0 Å². The highest BCUT2D eigenvalue weighted by molar-refractivity contribution is 5.85. The van der Waals surface area contributed by atoms with Crippen LogP contribution in [0.3, 0.4) is 0 Å². The number of hydrazone groups is 1. The zero-order valence-electron chi connectivity index (χ0n) is 14.8. The van der Waals surface area contributed by atoms with E-state index < -0.39 is 0 Å². The number of carbonyl (C=O) groups excluding carboxylic acids is 2. The second-order valence-corrected chi connectivity index (χ2v) is 5.56. The number of ether oxygens (including phenoxy) is 1. The van der Waals surface area contributed by atoms with Crippen LogP contribution in [0, 0.1) is 0 Å². The molecule has 2 aromatic rings. The fraction of sp³-hybridized carbons (Fsp3) is 0.250. The quantitative estimate of drug-likeness (QED) is 0.537. The molecule has 0 fully saturated rings. The van der Waals surface area contributed by atoms with E-state index in [0.29, 0.717) is 13.2 Å². The molecule has 2 aromatic carbocycles. The fourth-order valence-electron chi connectivity index (χ4n) is 2.16. The van der Waals surface area contributed by atoms with E-state index in [9.17, 15) is 9.59 Å². The fourth-order valence-corrected chi connectivity index (χ4v) is 2.16. The molecule has 0 radical (unpaired) electrons. The van der Waals surface area contributed by atoms with Crippen molar-refractivity contribution < 1.29 is 14.3 Å². The zero-order valence-corrected chi connectivity index (χ0v) is 14.8. The summed E-state index contributed by atoms with van der Waals surface area (Å²) in [6.45, 7) is 2.99. The van der Waals surface area contributed by atoms with Crippen molar-refractivity contribution in [3.8, 4) is 5.75 Å². The van der Waals surface area contributed by atoms with Crippen molar-refractivity contribution in [2.24, 2.45) is 5.10 Å². The Hall–Kier alpha value is -3.15. The Kier molecular flexibility index (Phi) is 7.86. The Morgan fingerprint density at radius 3 is 2.38 bits per heavy atom. The molecule has 0 spiro atoms. The predicted molar refractivity (Wildman–Crippen MR) is 101 cm³/mol. The Bertz CT molecular complexity index is 728. The van der Waals surface area contributed by atoms with Gasteiger partial charge in [0.15, 0.2) is 0 Å². The molecule has 0 unspecified atom stereocenters. The molecule has 2 amide bonds. The minimum atomic E-state index is -0.304. The minimum Gasteiger partial charge on any atom is -0.494 e. The van der Waals surface area contributed by atoms with Gasteiger partial charge in [0.2, 0.25) is 11.8 Å². The molecule has 26 heavy (non-hydrogen) atoms. The summed E-state index contributed by atoms with van der Waals surface area (Å²) in [5.74, 6) is 0.316. The number of benzene rings is 2. The highest BCUT2D eigenvalue weighted by Crippen LogP contribution is 2.10. The van der Waals surface area contributed by atoms with Crippen molar-refractivity contribution in [2.75, 3.05) is 6.61 Å². The van der Waals surface area contributed by atoms with E-state index in [2.05, 4.69) is 15.8 Å². The highest BCUT2D eigenvalue weighted by Gasteiger charge is 2.06. The summed E-state index contributed by atoms with van der Waals surface area (Å²) in [4.78, 5) is 23.5. The first-order valence-electron chi connectivity index (χ1n) is 8.52. The maximum atomic E-state index is 11.8. The van der Waals surface area contributed by atoms with Gasteiger partial charge in [0.05, 0.1) is 12.8 Å². The molecular weight excluding hydrogens is 330 g/mol. The van der Waals surface area contributed by atoms with Crippen LogP contribution < -0.4 is 15.5 Å². The average molecular weight is 353 g/mol. The molecule has 0 aliphatic carbocycles. The third-order valence-corrected chi connectivity index (χ3v) is 3.51. The number of nitrogens with zero attached hydrogens (tertiary/aromatic N) is 1. The summed E-state index contributed by atoms with van der Waals surface area (Å²) in [6, 6.07) is 17.0. The van der Waals surface area contributed by atoms with Gasteiger partial charge >= 0.3 is 0 Å². The summed E-state index contributed by atoms with van der Waals surface area (Å²) >= 11 is 0. The normalized spacial score (nSPS) is 10.5. The molecule has 0 bridgehead atoms. The van der Waals surface area contributed by atoms with Crippen molar-refractivity contribution in [2.45, 2.75) is 26.3 Å². The van der Waals surface area contributed by atoms with Crippen molar-refractivity contribution in [3.05, 3.63) is 65.7 Å². The molecule has 6 nitrogen and oxygen atoms in total. The van der Waals surface area contributed by atoms with Crippen LogP contribution >= 0.6 is 0 Å². The number of rotatable bonds is 9. The third-order valence-electron chi connectivity index (χ3n) is 3.51. The van der Waals surface area contributed by atoms with Crippen molar-refractivity contribution in [3.63, 3.8) is 0 Å². The highest BCUT2D eigenvalue weighted by atomic mass is 16.5. The van der Waals surface area contributed by atoms with E-state index in [1.165, 1.54) is 0 Å². The van der Waals surface area contributed by atoms with Crippen LogP contribution in [0.5, 0.6) is 5.75 Å². The first-order chi connectivity index (χ1) is 12.7. The van der Waals surface area contributed by atoms with E-state index in [0.717, 1.165) is 16.9 Å². The monoisotopic (exact) mass is 353 g/mol. The Balaban J connectivity index is 1.65. The zero-order chi connectivity index (χ0) is 18.6. The molecule has 0 atom stereocenters. The summed E-state index contributed by atoms with van der Waals surface area (Å²) in [5.41, 5.74) is 4.28. The van der Waals surface area contributed by atoms with Gasteiger partial charge in [-0.3, -0.25) is 9.59 Å². The Labute approximate surface area is 153 Å². The van der Waals surface area contributed by atoms with Crippen molar-refractivity contribution in [1.82, 2.24) is 10.7 Å². The largest absolute Gasteiger partial charge is 0.494 e. The first kappa shape index (κ1) is 19.2. The van der Waals surface area contributed by atoms with Crippen LogP contribution in [-0.4, -0.2) is 24.6 Å². The van der Waals surface area contributed by atoms with Crippen LogP contribution in [-0.2, 0) is 16.1 Å². The topological polar surface area (TPSA) is 79.8 Å². The van der Waals surface area contributed by atoms with E-state index in [-0.39, 0.29) is 24.7 Å². The van der Waals surface area contributed by atoms with E-state index in [1.807, 2.05) is 61.5 Å². The van der Waals surface area contributed by atoms with Crippen LogP contribution in [0.15, 0.2) is 59.7 Å². The minimum absolute atomic E-state index is 0.0846. The Morgan fingerprint density at radius 2 is 1.69 bits per heavy atom. The first-order valence-corrected chi connectivity index (χ1v) is 8.52. The third kappa shape index (κ3) is 7.17. The predicted octanol–water partition coefficient (Wildman–Crippen LogP) is 2.63. The molecule has 0 heterocycles. The molecule has 2 rings (SSSR count). The standard InChI is InChI=1S/C20H23N3O3/c1-2-26-18-10-8-17(9-11-18)15-22-23-20(25)13-12-19(24)21-14-16-6-4-3-5-7-16/h3-11,15H,2,12-14H2,1H3,(H,21,24)(H,23,25). The molecule has 6 heteroatoms. The van der Waals surface area contributed by atoms with Gasteiger partial charge in [-0.05, 0) is 42.3 Å². The lowest BCUT2D eigenvalue weighted by Crippen LogP contribution is -2.25. The van der Waals surface area contributed by atoms with E-state index in [4.69, 9.17) is 4.74 Å². The molecule has 0 saturated carbocycles. The SMILES string of the molecule is CCOc1ccc(C=NNC(=O)CCC(=O)NCc2ccccc2)cc1. The van der Waals surface area contributed by atoms with Crippen LogP contribution in [0.25, 0.3) is 0 Å². The number of carbonyl (C=O) groups is 2. The van der Waals surface area contributed by atoms with Gasteiger partial charge < -0.3 is 10.1 Å². The lowest BCUT2D eigenvalue weighted by molar-refractivity contribution is -0.126. The van der Waals surface area contributed by atoms with Crippen molar-refractivity contribution >= 4 is 18.0 Å². The van der Waals surface area contributed by atoms with Crippen molar-refractivity contribution in [1.29, 1.82) is 0 Å². The van der Waals surface area contributed by atoms with Gasteiger partial charge in [-0.25, -0.2) is 5.43 Å². The summed E-state index contributed by atoms with van der Waals surface area (Å²) in [5, 5.41) is 6.67. The number of hydrogen-bond donors (Lipinski definition) is 2. The number of nitrogens with one attached hydrogen (secondary N) is 2.